The molecular weight excluding hydrogens is 452 g/mol. The third-order valence-electron chi connectivity index (χ3n) is 4.70. The molecule has 4 rings (SSSR count). The summed E-state index contributed by atoms with van der Waals surface area (Å²) >= 11 is 0. The van der Waals surface area contributed by atoms with E-state index in [4.69, 9.17) is 0 Å². The van der Waals surface area contributed by atoms with Crippen molar-refractivity contribution in [1.82, 2.24) is 7.94 Å². The van der Waals surface area contributed by atoms with Gasteiger partial charge < -0.3 is 0 Å². The Labute approximate surface area is 184 Å². The van der Waals surface area contributed by atoms with Gasteiger partial charge in [-0.05, 0) is 48.5 Å². The van der Waals surface area contributed by atoms with Crippen molar-refractivity contribution in [2.75, 3.05) is 0 Å². The van der Waals surface area contributed by atoms with E-state index in [-0.39, 0.29) is 9.79 Å². The van der Waals surface area contributed by atoms with Crippen LogP contribution in [0.3, 0.4) is 0 Å². The summed E-state index contributed by atoms with van der Waals surface area (Å²) in [6.07, 6.45) is 2.31. The van der Waals surface area contributed by atoms with Crippen LogP contribution in [0.5, 0.6) is 0 Å². The molecule has 0 bridgehead atoms. The Bertz CT molecular complexity index is 1400. The lowest BCUT2D eigenvalue weighted by atomic mass is 10.1. The summed E-state index contributed by atoms with van der Waals surface area (Å²) < 4.78 is 53.2. The Morgan fingerprint density at radius 1 is 0.500 bits per heavy atom. The van der Waals surface area contributed by atoms with Gasteiger partial charge in [-0.15, -0.1) is 0 Å². The highest BCUT2D eigenvalue weighted by Gasteiger charge is 2.31. The summed E-state index contributed by atoms with van der Waals surface area (Å²) in [5, 5.41) is 0. The van der Waals surface area contributed by atoms with Gasteiger partial charge in [0.2, 0.25) is 0 Å². The van der Waals surface area contributed by atoms with E-state index in [1.165, 1.54) is 72.8 Å². The van der Waals surface area contributed by atoms with Crippen molar-refractivity contribution < 1.29 is 26.4 Å². The van der Waals surface area contributed by atoms with Gasteiger partial charge in [-0.2, -0.15) is 0 Å². The largest absolute Gasteiger partial charge is 0.283 e. The third-order valence-corrected chi connectivity index (χ3v) is 8.11. The highest BCUT2D eigenvalue weighted by molar-refractivity contribution is 7.90. The fourth-order valence-electron chi connectivity index (χ4n) is 3.15. The van der Waals surface area contributed by atoms with Crippen molar-refractivity contribution in [2.45, 2.75) is 9.79 Å². The first-order chi connectivity index (χ1) is 15.2. The highest BCUT2D eigenvalue weighted by Crippen LogP contribution is 2.20. The van der Waals surface area contributed by atoms with Crippen molar-refractivity contribution in [3.8, 4) is 0 Å². The van der Waals surface area contributed by atoms with Gasteiger partial charge in [-0.25, -0.2) is 24.8 Å². The second-order valence-electron chi connectivity index (χ2n) is 6.67. The minimum Gasteiger partial charge on any atom is -0.283 e. The molecule has 0 N–H and O–H groups in total. The first kappa shape index (κ1) is 21.5. The van der Waals surface area contributed by atoms with Gasteiger partial charge in [0.1, 0.15) is 11.4 Å². The van der Waals surface area contributed by atoms with Crippen LogP contribution in [-0.4, -0.2) is 36.3 Å². The zero-order chi connectivity index (χ0) is 22.9. The molecule has 8 nitrogen and oxygen atoms in total. The van der Waals surface area contributed by atoms with Gasteiger partial charge >= 0.3 is 0 Å². The van der Waals surface area contributed by atoms with Crippen molar-refractivity contribution >= 4 is 31.6 Å². The van der Waals surface area contributed by atoms with E-state index in [1.807, 2.05) is 0 Å². The summed E-state index contributed by atoms with van der Waals surface area (Å²) in [6, 6.07) is 19.9. The first-order valence-electron chi connectivity index (χ1n) is 9.29. The van der Waals surface area contributed by atoms with Gasteiger partial charge in [0.05, 0.1) is 9.79 Å². The molecule has 0 saturated carbocycles. The van der Waals surface area contributed by atoms with Crippen molar-refractivity contribution in [3.63, 3.8) is 0 Å². The SMILES string of the molecule is O=C(C(=O)c1cccn1S(=O)(=O)c1ccccc1)c1cccn1S(=O)(=O)c1ccccc1. The summed E-state index contributed by atoms with van der Waals surface area (Å²) in [4.78, 5) is 25.8. The molecule has 0 aliphatic rings. The predicted octanol–water partition coefficient (Wildman–Crippen LogP) is 2.83. The number of carbonyl (C=O) groups is 2. The smallest absolute Gasteiger partial charge is 0.268 e. The van der Waals surface area contributed by atoms with Crippen LogP contribution in [0.1, 0.15) is 21.0 Å². The Morgan fingerprint density at radius 3 is 1.19 bits per heavy atom. The molecule has 2 aromatic carbocycles. The van der Waals surface area contributed by atoms with Crippen LogP contribution in [0.25, 0.3) is 0 Å². The predicted molar refractivity (Wildman–Crippen MR) is 116 cm³/mol. The molecule has 0 fully saturated rings. The van der Waals surface area contributed by atoms with Crippen LogP contribution < -0.4 is 0 Å². The lowest BCUT2D eigenvalue weighted by Crippen LogP contribution is -2.26. The van der Waals surface area contributed by atoms with E-state index in [0.29, 0.717) is 7.94 Å². The number of ketones is 2. The van der Waals surface area contributed by atoms with E-state index in [9.17, 15) is 26.4 Å². The normalized spacial score (nSPS) is 11.9. The average molecular weight is 469 g/mol. The molecule has 0 aliphatic carbocycles. The molecule has 0 unspecified atom stereocenters. The minimum absolute atomic E-state index is 0.0623. The summed E-state index contributed by atoms with van der Waals surface area (Å²) in [5.41, 5.74) is -0.799. The number of nitrogens with zero attached hydrogens (tertiary/aromatic N) is 2. The summed E-state index contributed by atoms with van der Waals surface area (Å²) in [6.45, 7) is 0. The van der Waals surface area contributed by atoms with Crippen molar-refractivity contribution in [2.24, 2.45) is 0 Å². The molecule has 0 amide bonds. The molecule has 0 atom stereocenters. The van der Waals surface area contributed by atoms with E-state index in [1.54, 1.807) is 12.1 Å². The standard InChI is InChI=1S/C22H16N2O6S2/c25-21(19-13-7-15-23(19)31(27,28)17-9-3-1-4-10-17)22(26)20-14-8-16-24(20)32(29,30)18-11-5-2-6-12-18/h1-16H. The highest BCUT2D eigenvalue weighted by atomic mass is 32.2. The molecular formula is C22H16N2O6S2. The molecule has 162 valence electrons. The fraction of sp³-hybridized carbons (Fsp3) is 0. The van der Waals surface area contributed by atoms with Gasteiger partial charge in [0, 0.05) is 12.4 Å². The van der Waals surface area contributed by atoms with Crippen LogP contribution in [0.4, 0.5) is 0 Å². The molecule has 10 heteroatoms. The molecule has 0 saturated heterocycles. The van der Waals surface area contributed by atoms with Gasteiger partial charge in [0.25, 0.3) is 31.6 Å². The second-order valence-corrected chi connectivity index (χ2v) is 10.3. The van der Waals surface area contributed by atoms with E-state index < -0.39 is 43.0 Å². The number of rotatable bonds is 7. The van der Waals surface area contributed by atoms with Crippen LogP contribution in [0, 0.1) is 0 Å². The maximum absolute atomic E-state index is 13.0. The van der Waals surface area contributed by atoms with E-state index in [0.717, 1.165) is 12.4 Å². The minimum atomic E-state index is -4.14. The Kier molecular flexibility index (Phi) is 5.41. The van der Waals surface area contributed by atoms with Crippen molar-refractivity contribution in [3.05, 3.63) is 109 Å². The Morgan fingerprint density at radius 2 is 0.844 bits per heavy atom. The van der Waals surface area contributed by atoms with Crippen LogP contribution in [0.15, 0.2) is 107 Å². The van der Waals surface area contributed by atoms with Crippen LogP contribution in [0.2, 0.25) is 0 Å². The van der Waals surface area contributed by atoms with Gasteiger partial charge in [0.15, 0.2) is 0 Å². The fourth-order valence-corrected chi connectivity index (χ4v) is 5.87. The van der Waals surface area contributed by atoms with Crippen LogP contribution in [-0.2, 0) is 20.0 Å². The molecule has 2 heterocycles. The summed E-state index contributed by atoms with van der Waals surface area (Å²) in [7, 11) is -8.27. The molecule has 2 aromatic heterocycles. The van der Waals surface area contributed by atoms with E-state index in [2.05, 4.69) is 0 Å². The lowest BCUT2D eigenvalue weighted by molar-refractivity contribution is 0.0810. The number of hydrogen-bond donors (Lipinski definition) is 0. The zero-order valence-corrected chi connectivity index (χ0v) is 18.0. The maximum Gasteiger partial charge on any atom is 0.268 e. The van der Waals surface area contributed by atoms with Crippen LogP contribution >= 0.6 is 0 Å². The van der Waals surface area contributed by atoms with Crippen molar-refractivity contribution in [1.29, 1.82) is 0 Å². The Balaban J connectivity index is 1.74. The molecule has 0 spiro atoms. The molecule has 32 heavy (non-hydrogen) atoms. The number of Topliss-reactive ketones (excluding diaryl/α,β-unsaturated/α-hetero) is 2. The lowest BCUT2D eigenvalue weighted by Gasteiger charge is -2.11. The monoisotopic (exact) mass is 468 g/mol. The topological polar surface area (TPSA) is 112 Å². The number of hydrogen-bond acceptors (Lipinski definition) is 6. The average Bonchev–Trinajstić information content (AvgIpc) is 3.50. The third kappa shape index (κ3) is 3.59. The van der Waals surface area contributed by atoms with Gasteiger partial charge in [-0.1, -0.05) is 36.4 Å². The zero-order valence-electron chi connectivity index (χ0n) is 16.4. The van der Waals surface area contributed by atoms with Gasteiger partial charge in [-0.3, -0.25) is 9.59 Å². The van der Waals surface area contributed by atoms with E-state index >= 15 is 0 Å². The maximum atomic E-state index is 13.0. The number of carbonyl (C=O) groups excluding carboxylic acids is 2. The first-order valence-corrected chi connectivity index (χ1v) is 12.2. The second kappa shape index (κ2) is 8.06. The molecule has 0 radical (unpaired) electrons. The number of aromatic nitrogens is 2. The quantitative estimate of drug-likeness (QED) is 0.305. The summed E-state index contributed by atoms with van der Waals surface area (Å²) in [5.74, 6) is -2.31. The molecule has 4 aromatic rings. The Hall–Kier alpha value is -3.76. The number of benzene rings is 2. The molecule has 0 aliphatic heterocycles.